The van der Waals surface area contributed by atoms with Crippen molar-refractivity contribution in [2.24, 2.45) is 0 Å². The van der Waals surface area contributed by atoms with Crippen LogP contribution >= 0.6 is 0 Å². The van der Waals surface area contributed by atoms with Crippen LogP contribution in [0.3, 0.4) is 0 Å². The van der Waals surface area contributed by atoms with Crippen molar-refractivity contribution in [3.05, 3.63) is 48.6 Å². The first kappa shape index (κ1) is 68.8. The molecule has 0 spiro atoms. The van der Waals surface area contributed by atoms with E-state index in [2.05, 4.69) is 55.6 Å². The van der Waals surface area contributed by atoms with Gasteiger partial charge in [0, 0.05) is 12.8 Å². The van der Waals surface area contributed by atoms with E-state index in [0.717, 1.165) is 51.4 Å². The summed E-state index contributed by atoms with van der Waals surface area (Å²) in [6.45, 7) is 4.86. The second-order valence-corrected chi connectivity index (χ2v) is 21.4. The molecule has 0 bridgehead atoms. The summed E-state index contributed by atoms with van der Waals surface area (Å²) in [6, 6.07) is -0.632. The number of nitrogens with one attached hydrogen (secondary N) is 1. The summed E-state index contributed by atoms with van der Waals surface area (Å²) < 4.78 is 5.47. The first-order chi connectivity index (χ1) is 35.0. The molecule has 0 aromatic rings. The largest absolute Gasteiger partial charge is 0.466 e. The van der Waals surface area contributed by atoms with Gasteiger partial charge in [0.05, 0.1) is 25.4 Å². The van der Waals surface area contributed by atoms with E-state index >= 15 is 0 Å². The molecular formula is C65H121NO5. The van der Waals surface area contributed by atoms with E-state index in [9.17, 15) is 19.8 Å². The zero-order chi connectivity index (χ0) is 51.4. The average molecular weight is 997 g/mol. The Morgan fingerprint density at radius 2 is 0.718 bits per heavy atom. The van der Waals surface area contributed by atoms with Gasteiger partial charge in [-0.15, -0.1) is 0 Å². The predicted molar refractivity (Wildman–Crippen MR) is 310 cm³/mol. The van der Waals surface area contributed by atoms with Gasteiger partial charge in [-0.05, 0) is 83.5 Å². The number of aliphatic hydroxyl groups is 2. The zero-order valence-electron chi connectivity index (χ0n) is 47.5. The van der Waals surface area contributed by atoms with Gasteiger partial charge in [-0.3, -0.25) is 9.59 Å². The lowest BCUT2D eigenvalue weighted by atomic mass is 10.0. The fraction of sp³-hybridized carbons (Fsp3) is 0.846. The third-order valence-corrected chi connectivity index (χ3v) is 14.3. The van der Waals surface area contributed by atoms with Crippen LogP contribution in [0.1, 0.15) is 328 Å². The average Bonchev–Trinajstić information content (AvgIpc) is 3.37. The minimum Gasteiger partial charge on any atom is -0.466 e. The lowest BCUT2D eigenvalue weighted by molar-refractivity contribution is -0.143. The number of esters is 1. The van der Waals surface area contributed by atoms with E-state index in [0.29, 0.717) is 19.4 Å². The Morgan fingerprint density at radius 1 is 0.394 bits per heavy atom. The first-order valence-electron chi connectivity index (χ1n) is 31.4. The molecule has 2 atom stereocenters. The molecule has 3 N–H and O–H groups in total. The van der Waals surface area contributed by atoms with Crippen LogP contribution in [-0.4, -0.2) is 47.4 Å². The lowest BCUT2D eigenvalue weighted by Gasteiger charge is -2.20. The van der Waals surface area contributed by atoms with Gasteiger partial charge in [-0.1, -0.05) is 281 Å². The number of aliphatic hydroxyl groups excluding tert-OH is 2. The maximum Gasteiger partial charge on any atom is 0.305 e. The summed E-state index contributed by atoms with van der Waals surface area (Å²) in [7, 11) is 0. The minimum atomic E-state index is -0.848. The van der Waals surface area contributed by atoms with Crippen molar-refractivity contribution >= 4 is 11.9 Å². The highest BCUT2D eigenvalue weighted by Crippen LogP contribution is 2.17. The third kappa shape index (κ3) is 57.0. The van der Waals surface area contributed by atoms with Crippen LogP contribution in [-0.2, 0) is 14.3 Å². The van der Waals surface area contributed by atoms with Gasteiger partial charge in [0.25, 0.3) is 0 Å². The quantitative estimate of drug-likeness (QED) is 0.0321. The number of hydrogen-bond donors (Lipinski definition) is 3. The first-order valence-corrected chi connectivity index (χ1v) is 31.4. The summed E-state index contributed by atoms with van der Waals surface area (Å²) in [4.78, 5) is 24.5. The van der Waals surface area contributed by atoms with Gasteiger partial charge in [0.2, 0.25) is 5.91 Å². The Kier molecular flexibility index (Phi) is 58.5. The van der Waals surface area contributed by atoms with Crippen molar-refractivity contribution in [1.82, 2.24) is 5.32 Å². The van der Waals surface area contributed by atoms with Crippen molar-refractivity contribution in [1.29, 1.82) is 0 Å². The highest BCUT2D eigenvalue weighted by molar-refractivity contribution is 5.76. The highest BCUT2D eigenvalue weighted by Gasteiger charge is 2.18. The molecule has 6 nitrogen and oxygen atoms in total. The minimum absolute atomic E-state index is 0.00290. The SMILES string of the molecule is CCCC/C=C\C/C=C\CCCCCCCC(=O)OCCCCCCCCCCCCCC/C=C\CCCCCCCCCCC(=O)NC(CO)C(O)/C=C/CCCCCCCCCCCCCCCC. The number of amides is 1. The number of hydrogen-bond acceptors (Lipinski definition) is 5. The molecular weight excluding hydrogens is 875 g/mol. The van der Waals surface area contributed by atoms with Crippen LogP contribution in [0.15, 0.2) is 48.6 Å². The van der Waals surface area contributed by atoms with Gasteiger partial charge in [-0.25, -0.2) is 0 Å². The Balaban J connectivity index is 3.44. The molecule has 0 aromatic heterocycles. The van der Waals surface area contributed by atoms with Crippen LogP contribution in [0, 0.1) is 0 Å². The van der Waals surface area contributed by atoms with Crippen LogP contribution in [0.4, 0.5) is 0 Å². The van der Waals surface area contributed by atoms with Crippen LogP contribution < -0.4 is 5.32 Å². The maximum absolute atomic E-state index is 12.5. The monoisotopic (exact) mass is 996 g/mol. The smallest absolute Gasteiger partial charge is 0.305 e. The molecule has 0 fully saturated rings. The molecule has 1 amide bonds. The molecule has 0 saturated heterocycles. The Morgan fingerprint density at radius 3 is 1.13 bits per heavy atom. The number of carbonyl (C=O) groups excluding carboxylic acids is 2. The van der Waals surface area contributed by atoms with Gasteiger partial charge in [0.1, 0.15) is 0 Å². The summed E-state index contributed by atoms with van der Waals surface area (Å²) in [5, 5.41) is 23.1. The van der Waals surface area contributed by atoms with E-state index < -0.39 is 12.1 Å². The van der Waals surface area contributed by atoms with E-state index in [1.54, 1.807) is 6.08 Å². The van der Waals surface area contributed by atoms with Gasteiger partial charge in [-0.2, -0.15) is 0 Å². The number of carbonyl (C=O) groups is 2. The van der Waals surface area contributed by atoms with Gasteiger partial charge >= 0.3 is 5.97 Å². The van der Waals surface area contributed by atoms with Crippen molar-refractivity contribution < 1.29 is 24.5 Å². The summed E-state index contributed by atoms with van der Waals surface area (Å²) in [6.07, 6.45) is 77.2. The van der Waals surface area contributed by atoms with E-state index in [-0.39, 0.29) is 18.5 Å². The molecule has 6 heteroatoms. The zero-order valence-corrected chi connectivity index (χ0v) is 47.5. The van der Waals surface area contributed by atoms with Crippen molar-refractivity contribution in [3.63, 3.8) is 0 Å². The van der Waals surface area contributed by atoms with Crippen molar-refractivity contribution in [3.8, 4) is 0 Å². The molecule has 71 heavy (non-hydrogen) atoms. The van der Waals surface area contributed by atoms with E-state index in [1.165, 1.54) is 250 Å². The summed E-state index contributed by atoms with van der Waals surface area (Å²) >= 11 is 0. The number of unbranched alkanes of at least 4 members (excludes halogenated alkanes) is 41. The molecule has 0 saturated carbocycles. The second-order valence-electron chi connectivity index (χ2n) is 21.4. The molecule has 0 aliphatic carbocycles. The Labute approximate surface area is 442 Å². The molecule has 0 aliphatic rings. The fourth-order valence-corrected chi connectivity index (χ4v) is 9.47. The summed E-state index contributed by atoms with van der Waals surface area (Å²) in [5.74, 6) is -0.0746. The lowest BCUT2D eigenvalue weighted by Crippen LogP contribution is -2.45. The summed E-state index contributed by atoms with van der Waals surface area (Å²) in [5.41, 5.74) is 0. The van der Waals surface area contributed by atoms with E-state index in [1.807, 2.05) is 6.08 Å². The van der Waals surface area contributed by atoms with E-state index in [4.69, 9.17) is 4.74 Å². The molecule has 416 valence electrons. The molecule has 0 rings (SSSR count). The number of ether oxygens (including phenoxy) is 1. The van der Waals surface area contributed by atoms with Crippen LogP contribution in [0.25, 0.3) is 0 Å². The normalized spacial score (nSPS) is 12.9. The topological polar surface area (TPSA) is 95.9 Å². The van der Waals surface area contributed by atoms with Crippen molar-refractivity contribution in [2.75, 3.05) is 13.2 Å². The standard InChI is InChI=1S/C65H121NO5/c1-3-5-7-9-11-13-15-17-19-30-33-37-41-45-49-53-57-63(68)62(61-67)66-64(69)58-54-50-46-42-38-34-31-28-26-24-22-20-21-23-25-27-29-32-36-40-44-48-52-56-60-71-65(70)59-55-51-47-43-39-35-18-16-14-12-10-8-6-4-2/h10,12,16,18,22,24,53,57,62-63,67-68H,3-9,11,13-15,17,19-21,23,25-52,54-56,58-61H2,1-2H3,(H,66,69)/b12-10-,18-16-,24-22-,57-53+. The van der Waals surface area contributed by atoms with Crippen LogP contribution in [0.5, 0.6) is 0 Å². The fourth-order valence-electron chi connectivity index (χ4n) is 9.47. The van der Waals surface area contributed by atoms with Gasteiger partial charge in [0.15, 0.2) is 0 Å². The molecule has 0 aromatic carbocycles. The third-order valence-electron chi connectivity index (χ3n) is 14.3. The number of rotatable bonds is 58. The Hall–Kier alpha value is -2.18. The molecule has 2 unspecified atom stereocenters. The van der Waals surface area contributed by atoms with Gasteiger partial charge < -0.3 is 20.3 Å². The highest BCUT2D eigenvalue weighted by atomic mass is 16.5. The maximum atomic E-state index is 12.5. The molecule has 0 heterocycles. The molecule has 0 aliphatic heterocycles. The second kappa shape index (κ2) is 60.4. The van der Waals surface area contributed by atoms with Crippen molar-refractivity contribution in [2.45, 2.75) is 341 Å². The number of allylic oxidation sites excluding steroid dienone is 7. The molecule has 0 radical (unpaired) electrons. The van der Waals surface area contributed by atoms with Crippen LogP contribution in [0.2, 0.25) is 0 Å². The Bertz CT molecular complexity index is 1190. The predicted octanol–water partition coefficient (Wildman–Crippen LogP) is 19.7.